The SMILES string of the molecule is CC/C=C\C/C=C\C/C=C\C/C=C\C/C=C\C/C=C\C/C=C\C/C=C\CCCCC(=O)OC(CO)COC(=O)CCCCCCCCCCCCCCC/C=C\C/C=C\CCCCCCC. The van der Waals surface area contributed by atoms with Gasteiger partial charge in [0.2, 0.25) is 0 Å². The van der Waals surface area contributed by atoms with E-state index >= 15 is 0 Å². The average Bonchev–Trinajstić information content (AvgIpc) is 3.32. The number of aliphatic hydroxyl groups is 1. The highest BCUT2D eigenvalue weighted by atomic mass is 16.6. The van der Waals surface area contributed by atoms with E-state index in [1.54, 1.807) is 0 Å². The lowest BCUT2D eigenvalue weighted by Crippen LogP contribution is -2.28. The molecule has 0 radical (unpaired) electrons. The molecular formula is C61H100O5. The van der Waals surface area contributed by atoms with E-state index in [-0.39, 0.29) is 25.2 Å². The van der Waals surface area contributed by atoms with Crippen LogP contribution in [0.15, 0.2) is 122 Å². The molecule has 1 atom stereocenters. The Kier molecular flexibility index (Phi) is 52.5. The molecule has 1 N–H and O–H groups in total. The highest BCUT2D eigenvalue weighted by molar-refractivity contribution is 5.70. The number of hydrogen-bond donors (Lipinski definition) is 1. The van der Waals surface area contributed by atoms with Gasteiger partial charge in [-0.1, -0.05) is 232 Å². The molecule has 0 aliphatic heterocycles. The molecule has 0 aliphatic rings. The lowest BCUT2D eigenvalue weighted by atomic mass is 10.0. The fourth-order valence-corrected chi connectivity index (χ4v) is 7.19. The Labute approximate surface area is 407 Å². The standard InChI is InChI=1S/C61H100O5/c1-3-5-7-9-11-13-15-17-19-21-23-25-27-29-30-32-34-36-38-40-42-44-46-48-50-52-54-56-61(64)66-59(57-62)58-65-60(63)55-53-51-49-47-45-43-41-39-37-35-33-31-28-26-24-22-20-18-16-14-12-10-8-6-4-2/h5,7,11,13,16-19,22-25,29-30,34,36,40,42,46,48,59,62H,3-4,6,8-10,12,14-15,20-21,26-28,31-33,35,37-39,41,43-45,47,49-58H2,1-2H3/b7-5-,13-11-,18-16-,19-17-,24-22-,25-23-,30-29-,36-34-,42-40-,48-46-. The van der Waals surface area contributed by atoms with Gasteiger partial charge in [-0.15, -0.1) is 0 Å². The number of carbonyl (C=O) groups excluding carboxylic acids is 2. The number of esters is 2. The van der Waals surface area contributed by atoms with Gasteiger partial charge in [0.1, 0.15) is 6.61 Å². The molecule has 5 heteroatoms. The summed E-state index contributed by atoms with van der Waals surface area (Å²) in [5.41, 5.74) is 0. The molecular weight excluding hydrogens is 813 g/mol. The third-order valence-electron chi connectivity index (χ3n) is 11.2. The zero-order chi connectivity index (χ0) is 47.7. The molecule has 0 amide bonds. The smallest absolute Gasteiger partial charge is 0.306 e. The van der Waals surface area contributed by atoms with Crippen LogP contribution in [0.4, 0.5) is 0 Å². The maximum atomic E-state index is 12.3. The topological polar surface area (TPSA) is 72.8 Å². The van der Waals surface area contributed by atoms with Crippen molar-refractivity contribution in [1.29, 1.82) is 0 Å². The van der Waals surface area contributed by atoms with Gasteiger partial charge in [0, 0.05) is 12.8 Å². The maximum Gasteiger partial charge on any atom is 0.306 e. The predicted molar refractivity (Wildman–Crippen MR) is 288 cm³/mol. The molecule has 0 aromatic carbocycles. The van der Waals surface area contributed by atoms with Gasteiger partial charge in [-0.05, 0) is 109 Å². The molecule has 0 aliphatic carbocycles. The van der Waals surface area contributed by atoms with Crippen molar-refractivity contribution in [1.82, 2.24) is 0 Å². The fourth-order valence-electron chi connectivity index (χ4n) is 7.19. The molecule has 0 aromatic heterocycles. The second-order valence-corrected chi connectivity index (χ2v) is 17.6. The first-order valence-electron chi connectivity index (χ1n) is 27.1. The Bertz CT molecular complexity index is 1350. The van der Waals surface area contributed by atoms with E-state index in [1.165, 1.54) is 109 Å². The van der Waals surface area contributed by atoms with Crippen LogP contribution in [0.5, 0.6) is 0 Å². The minimum Gasteiger partial charge on any atom is -0.462 e. The maximum absolute atomic E-state index is 12.3. The molecule has 0 fully saturated rings. The van der Waals surface area contributed by atoms with Crippen LogP contribution in [-0.4, -0.2) is 36.4 Å². The highest BCUT2D eigenvalue weighted by Gasteiger charge is 2.16. The number of carbonyl (C=O) groups is 2. The van der Waals surface area contributed by atoms with E-state index in [2.05, 4.69) is 135 Å². The van der Waals surface area contributed by atoms with Crippen molar-refractivity contribution in [2.24, 2.45) is 0 Å². The molecule has 0 rings (SSSR count). The monoisotopic (exact) mass is 913 g/mol. The first-order chi connectivity index (χ1) is 32.6. The summed E-state index contributed by atoms with van der Waals surface area (Å²) in [5, 5.41) is 9.64. The van der Waals surface area contributed by atoms with Crippen LogP contribution in [0.1, 0.15) is 232 Å². The molecule has 0 aromatic rings. The van der Waals surface area contributed by atoms with Crippen molar-refractivity contribution in [3.05, 3.63) is 122 Å². The normalized spacial score (nSPS) is 13.2. The molecule has 0 bridgehead atoms. The van der Waals surface area contributed by atoms with E-state index in [4.69, 9.17) is 9.47 Å². The lowest BCUT2D eigenvalue weighted by Gasteiger charge is -2.15. The Balaban J connectivity index is 3.63. The van der Waals surface area contributed by atoms with Crippen LogP contribution in [0.3, 0.4) is 0 Å². The summed E-state index contributed by atoms with van der Waals surface area (Å²) in [5.74, 6) is -0.648. The zero-order valence-electron chi connectivity index (χ0n) is 42.7. The summed E-state index contributed by atoms with van der Waals surface area (Å²) in [6, 6.07) is 0. The van der Waals surface area contributed by atoms with E-state index < -0.39 is 6.10 Å². The van der Waals surface area contributed by atoms with E-state index in [9.17, 15) is 14.7 Å². The third-order valence-corrected chi connectivity index (χ3v) is 11.2. The third kappa shape index (κ3) is 52.9. The van der Waals surface area contributed by atoms with Crippen LogP contribution in [0.2, 0.25) is 0 Å². The second kappa shape index (κ2) is 55.6. The first-order valence-corrected chi connectivity index (χ1v) is 27.1. The van der Waals surface area contributed by atoms with Crippen LogP contribution in [0.25, 0.3) is 0 Å². The van der Waals surface area contributed by atoms with Gasteiger partial charge in [0.15, 0.2) is 6.10 Å². The lowest BCUT2D eigenvalue weighted by molar-refractivity contribution is -0.161. The van der Waals surface area contributed by atoms with Crippen LogP contribution in [0, 0.1) is 0 Å². The number of rotatable bonds is 48. The summed E-state index contributed by atoms with van der Waals surface area (Å²) in [7, 11) is 0. The van der Waals surface area contributed by atoms with Crippen LogP contribution >= 0.6 is 0 Å². The van der Waals surface area contributed by atoms with E-state index in [0.717, 1.165) is 96.3 Å². The summed E-state index contributed by atoms with van der Waals surface area (Å²) in [6.45, 7) is 3.98. The molecule has 0 heterocycles. The average molecular weight is 913 g/mol. The first kappa shape index (κ1) is 62.3. The molecule has 374 valence electrons. The zero-order valence-corrected chi connectivity index (χ0v) is 42.7. The molecule has 0 saturated heterocycles. The van der Waals surface area contributed by atoms with Crippen LogP contribution < -0.4 is 0 Å². The number of ether oxygens (including phenoxy) is 2. The van der Waals surface area contributed by atoms with Gasteiger partial charge in [0.25, 0.3) is 0 Å². The Hall–Kier alpha value is -3.70. The number of allylic oxidation sites excluding steroid dienone is 20. The van der Waals surface area contributed by atoms with Gasteiger partial charge >= 0.3 is 11.9 Å². The minimum absolute atomic E-state index is 0.0911. The van der Waals surface area contributed by atoms with Gasteiger partial charge < -0.3 is 14.6 Å². The van der Waals surface area contributed by atoms with Gasteiger partial charge in [-0.25, -0.2) is 0 Å². The largest absolute Gasteiger partial charge is 0.462 e. The van der Waals surface area contributed by atoms with Crippen molar-refractivity contribution in [2.75, 3.05) is 13.2 Å². The van der Waals surface area contributed by atoms with Gasteiger partial charge in [-0.3, -0.25) is 9.59 Å². The molecule has 0 spiro atoms. The predicted octanol–water partition coefficient (Wildman–Crippen LogP) is 18.3. The second-order valence-electron chi connectivity index (χ2n) is 17.6. The summed E-state index contributed by atoms with van der Waals surface area (Å²) < 4.78 is 10.7. The van der Waals surface area contributed by atoms with Gasteiger partial charge in [-0.2, -0.15) is 0 Å². The minimum atomic E-state index is -0.805. The fraction of sp³-hybridized carbons (Fsp3) is 0.639. The van der Waals surface area contributed by atoms with Crippen molar-refractivity contribution in [2.45, 2.75) is 238 Å². The van der Waals surface area contributed by atoms with Crippen molar-refractivity contribution >= 4 is 11.9 Å². The molecule has 1 unspecified atom stereocenters. The number of aliphatic hydroxyl groups excluding tert-OH is 1. The van der Waals surface area contributed by atoms with E-state index in [1.807, 2.05) is 0 Å². The van der Waals surface area contributed by atoms with Crippen LogP contribution in [-0.2, 0) is 19.1 Å². The molecule has 5 nitrogen and oxygen atoms in total. The highest BCUT2D eigenvalue weighted by Crippen LogP contribution is 2.14. The summed E-state index contributed by atoms with van der Waals surface area (Å²) in [6.07, 6.45) is 81.5. The van der Waals surface area contributed by atoms with Crippen molar-refractivity contribution in [3.8, 4) is 0 Å². The van der Waals surface area contributed by atoms with Gasteiger partial charge in [0.05, 0.1) is 6.61 Å². The summed E-state index contributed by atoms with van der Waals surface area (Å²) in [4.78, 5) is 24.5. The van der Waals surface area contributed by atoms with E-state index in [0.29, 0.717) is 12.8 Å². The Morgan fingerprint density at radius 3 is 1.02 bits per heavy atom. The van der Waals surface area contributed by atoms with Crippen molar-refractivity contribution < 1.29 is 24.2 Å². The summed E-state index contributed by atoms with van der Waals surface area (Å²) >= 11 is 0. The van der Waals surface area contributed by atoms with Crippen molar-refractivity contribution in [3.63, 3.8) is 0 Å². The Morgan fingerprint density at radius 1 is 0.364 bits per heavy atom. The number of hydrogen-bond acceptors (Lipinski definition) is 5. The molecule has 66 heavy (non-hydrogen) atoms. The quantitative estimate of drug-likeness (QED) is 0.0374. The molecule has 0 saturated carbocycles. The Morgan fingerprint density at radius 2 is 0.652 bits per heavy atom. The number of unbranched alkanes of at least 4 members (excludes halogenated alkanes) is 20.